The first-order chi connectivity index (χ1) is 10.7. The summed E-state index contributed by atoms with van der Waals surface area (Å²) < 4.78 is 0. The zero-order valence-electron chi connectivity index (χ0n) is 12.4. The van der Waals surface area contributed by atoms with E-state index in [4.69, 9.17) is 11.6 Å². The van der Waals surface area contributed by atoms with Gasteiger partial charge in [-0.05, 0) is 36.2 Å². The van der Waals surface area contributed by atoms with Crippen molar-refractivity contribution in [3.05, 3.63) is 64.4 Å². The van der Waals surface area contributed by atoms with Gasteiger partial charge in [0.15, 0.2) is 0 Å². The van der Waals surface area contributed by atoms with Crippen LogP contribution in [0.3, 0.4) is 0 Å². The SMILES string of the molecule is Cc1ccncc1C(=O)N1CCNCC1c1cccc(Cl)c1. The minimum atomic E-state index is -0.0143. The third-order valence-corrected chi connectivity index (χ3v) is 4.24. The number of carbonyl (C=O) groups is 1. The number of nitrogens with zero attached hydrogens (tertiary/aromatic N) is 2. The van der Waals surface area contributed by atoms with Crippen LogP contribution in [0.1, 0.15) is 27.5 Å². The molecule has 2 aromatic rings. The largest absolute Gasteiger partial charge is 0.329 e. The summed E-state index contributed by atoms with van der Waals surface area (Å²) in [5, 5.41) is 4.04. The lowest BCUT2D eigenvalue weighted by molar-refractivity contribution is 0.0633. The molecule has 0 aliphatic carbocycles. The Hall–Kier alpha value is -1.91. The molecular formula is C17H18ClN3O. The lowest BCUT2D eigenvalue weighted by atomic mass is 10.0. The number of halogens is 1. The second-order valence-electron chi connectivity index (χ2n) is 5.46. The van der Waals surface area contributed by atoms with Crippen LogP contribution in [0.25, 0.3) is 0 Å². The minimum absolute atomic E-state index is 0.0143. The number of rotatable bonds is 2. The Morgan fingerprint density at radius 2 is 2.27 bits per heavy atom. The van der Waals surface area contributed by atoms with E-state index in [1.54, 1.807) is 12.4 Å². The van der Waals surface area contributed by atoms with Crippen LogP contribution in [0.15, 0.2) is 42.7 Å². The number of aryl methyl sites for hydroxylation is 1. The van der Waals surface area contributed by atoms with Gasteiger partial charge in [0.1, 0.15) is 0 Å². The van der Waals surface area contributed by atoms with Gasteiger partial charge in [-0.3, -0.25) is 9.78 Å². The molecule has 4 nitrogen and oxygen atoms in total. The summed E-state index contributed by atoms with van der Waals surface area (Å²) in [5.41, 5.74) is 2.66. The fourth-order valence-corrected chi connectivity index (χ4v) is 3.00. The Labute approximate surface area is 135 Å². The highest BCUT2D eigenvalue weighted by Crippen LogP contribution is 2.26. The van der Waals surface area contributed by atoms with E-state index < -0.39 is 0 Å². The van der Waals surface area contributed by atoms with Crippen LogP contribution in [0.2, 0.25) is 5.02 Å². The lowest BCUT2D eigenvalue weighted by Gasteiger charge is -2.37. The van der Waals surface area contributed by atoms with Crippen molar-refractivity contribution in [1.82, 2.24) is 15.2 Å². The molecular weight excluding hydrogens is 298 g/mol. The summed E-state index contributed by atoms with van der Waals surface area (Å²) in [6.07, 6.45) is 3.35. The molecule has 0 saturated carbocycles. The molecule has 22 heavy (non-hydrogen) atoms. The number of piperazine rings is 1. The zero-order valence-corrected chi connectivity index (χ0v) is 13.2. The van der Waals surface area contributed by atoms with Crippen LogP contribution in [0.4, 0.5) is 0 Å². The van der Waals surface area contributed by atoms with Gasteiger partial charge >= 0.3 is 0 Å². The molecule has 2 heterocycles. The number of nitrogens with one attached hydrogen (secondary N) is 1. The third kappa shape index (κ3) is 2.98. The molecule has 1 amide bonds. The maximum Gasteiger partial charge on any atom is 0.256 e. The summed E-state index contributed by atoms with van der Waals surface area (Å²) in [5.74, 6) is 0.0251. The Bertz CT molecular complexity index is 689. The van der Waals surface area contributed by atoms with Crippen molar-refractivity contribution in [2.45, 2.75) is 13.0 Å². The molecule has 1 aliphatic heterocycles. The second-order valence-corrected chi connectivity index (χ2v) is 5.90. The highest BCUT2D eigenvalue weighted by atomic mass is 35.5. The zero-order chi connectivity index (χ0) is 15.5. The van der Waals surface area contributed by atoms with E-state index in [0.29, 0.717) is 17.1 Å². The minimum Gasteiger partial charge on any atom is -0.329 e. The predicted octanol–water partition coefficient (Wildman–Crippen LogP) is 2.83. The molecule has 1 atom stereocenters. The monoisotopic (exact) mass is 315 g/mol. The van der Waals surface area contributed by atoms with Crippen LogP contribution < -0.4 is 5.32 Å². The van der Waals surface area contributed by atoms with Gasteiger partial charge in [-0.15, -0.1) is 0 Å². The number of hydrogen-bond acceptors (Lipinski definition) is 3. The molecule has 1 unspecified atom stereocenters. The van der Waals surface area contributed by atoms with Crippen molar-refractivity contribution in [3.63, 3.8) is 0 Å². The van der Waals surface area contributed by atoms with Crippen molar-refractivity contribution in [2.24, 2.45) is 0 Å². The Morgan fingerprint density at radius 3 is 3.05 bits per heavy atom. The summed E-state index contributed by atoms with van der Waals surface area (Å²) in [6, 6.07) is 9.56. The van der Waals surface area contributed by atoms with E-state index >= 15 is 0 Å². The molecule has 1 fully saturated rings. The summed E-state index contributed by atoms with van der Waals surface area (Å²) >= 11 is 6.10. The van der Waals surface area contributed by atoms with Crippen LogP contribution in [0, 0.1) is 6.92 Å². The quantitative estimate of drug-likeness (QED) is 0.927. The Balaban J connectivity index is 1.93. The molecule has 1 aromatic heterocycles. The maximum absolute atomic E-state index is 12.9. The molecule has 1 N–H and O–H groups in total. The van der Waals surface area contributed by atoms with E-state index in [1.807, 2.05) is 42.2 Å². The molecule has 5 heteroatoms. The maximum atomic E-state index is 12.9. The molecule has 114 valence electrons. The van der Waals surface area contributed by atoms with Crippen molar-refractivity contribution in [2.75, 3.05) is 19.6 Å². The topological polar surface area (TPSA) is 45.2 Å². The van der Waals surface area contributed by atoms with E-state index in [0.717, 1.165) is 24.2 Å². The number of benzene rings is 1. The van der Waals surface area contributed by atoms with Crippen LogP contribution in [0.5, 0.6) is 0 Å². The smallest absolute Gasteiger partial charge is 0.256 e. The fourth-order valence-electron chi connectivity index (χ4n) is 2.80. The summed E-state index contributed by atoms with van der Waals surface area (Å²) in [7, 11) is 0. The Kier molecular flexibility index (Phi) is 4.41. The summed E-state index contributed by atoms with van der Waals surface area (Å²) in [6.45, 7) is 4.13. The average molecular weight is 316 g/mol. The predicted molar refractivity (Wildman–Crippen MR) is 87.1 cm³/mol. The molecule has 1 aliphatic rings. The van der Waals surface area contributed by atoms with Crippen molar-refractivity contribution in [3.8, 4) is 0 Å². The van der Waals surface area contributed by atoms with Crippen LogP contribution in [-0.4, -0.2) is 35.4 Å². The molecule has 1 aromatic carbocycles. The van der Waals surface area contributed by atoms with Crippen LogP contribution >= 0.6 is 11.6 Å². The molecule has 0 bridgehead atoms. The van der Waals surface area contributed by atoms with Crippen molar-refractivity contribution < 1.29 is 4.79 Å². The first kappa shape index (κ1) is 15.0. The number of pyridine rings is 1. The number of carbonyl (C=O) groups excluding carboxylic acids is 1. The number of aromatic nitrogens is 1. The van der Waals surface area contributed by atoms with Gasteiger partial charge < -0.3 is 10.2 Å². The van der Waals surface area contributed by atoms with Crippen LogP contribution in [-0.2, 0) is 0 Å². The first-order valence-corrected chi connectivity index (χ1v) is 7.72. The number of hydrogen-bond donors (Lipinski definition) is 1. The number of amides is 1. The van der Waals surface area contributed by atoms with E-state index in [1.165, 1.54) is 0 Å². The third-order valence-electron chi connectivity index (χ3n) is 4.01. The second kappa shape index (κ2) is 6.46. The normalized spacial score (nSPS) is 18.3. The highest BCUT2D eigenvalue weighted by molar-refractivity contribution is 6.30. The first-order valence-electron chi connectivity index (χ1n) is 7.34. The van der Waals surface area contributed by atoms with E-state index in [9.17, 15) is 4.79 Å². The molecule has 1 saturated heterocycles. The molecule has 0 spiro atoms. The summed E-state index contributed by atoms with van der Waals surface area (Å²) in [4.78, 5) is 18.9. The van der Waals surface area contributed by atoms with Gasteiger partial charge in [-0.2, -0.15) is 0 Å². The van der Waals surface area contributed by atoms with Crippen molar-refractivity contribution in [1.29, 1.82) is 0 Å². The standard InChI is InChI=1S/C17H18ClN3O/c1-12-5-6-19-10-15(12)17(22)21-8-7-20-11-16(21)13-3-2-4-14(18)9-13/h2-6,9-10,16,20H,7-8,11H2,1H3. The van der Waals surface area contributed by atoms with Gasteiger partial charge in [0, 0.05) is 37.1 Å². The molecule has 3 rings (SSSR count). The molecule has 0 radical (unpaired) electrons. The Morgan fingerprint density at radius 1 is 1.41 bits per heavy atom. The van der Waals surface area contributed by atoms with Crippen molar-refractivity contribution >= 4 is 17.5 Å². The van der Waals surface area contributed by atoms with E-state index in [-0.39, 0.29) is 11.9 Å². The van der Waals surface area contributed by atoms with Gasteiger partial charge in [0.05, 0.1) is 11.6 Å². The van der Waals surface area contributed by atoms with E-state index in [2.05, 4.69) is 10.3 Å². The van der Waals surface area contributed by atoms with Gasteiger partial charge in [0.25, 0.3) is 5.91 Å². The van der Waals surface area contributed by atoms with Gasteiger partial charge in [-0.1, -0.05) is 23.7 Å². The highest BCUT2D eigenvalue weighted by Gasteiger charge is 2.29. The lowest BCUT2D eigenvalue weighted by Crippen LogP contribution is -2.48. The van der Waals surface area contributed by atoms with Gasteiger partial charge in [0.2, 0.25) is 0 Å². The fraction of sp³-hybridized carbons (Fsp3) is 0.294. The van der Waals surface area contributed by atoms with Gasteiger partial charge in [-0.25, -0.2) is 0 Å². The average Bonchev–Trinajstić information content (AvgIpc) is 2.55.